The number of halogens is 2. The summed E-state index contributed by atoms with van der Waals surface area (Å²) in [6.07, 6.45) is 3.75. The van der Waals surface area contributed by atoms with Gasteiger partial charge in [0.15, 0.2) is 0 Å². The molecule has 0 saturated carbocycles. The Bertz CT molecular complexity index is 1060. The number of aromatic nitrogens is 1. The maximum atomic E-state index is 13.6. The van der Waals surface area contributed by atoms with Crippen LogP contribution in [0.15, 0.2) is 55.1 Å². The number of hydrogen-bond donors (Lipinski definition) is 2. The van der Waals surface area contributed by atoms with Crippen LogP contribution < -0.4 is 11.1 Å². The van der Waals surface area contributed by atoms with Gasteiger partial charge >= 0.3 is 0 Å². The third kappa shape index (κ3) is 6.91. The summed E-state index contributed by atoms with van der Waals surface area (Å²) in [5.74, 6) is 0.396. The van der Waals surface area contributed by atoms with Gasteiger partial charge < -0.3 is 11.1 Å². The van der Waals surface area contributed by atoms with E-state index in [0.29, 0.717) is 16.5 Å². The number of nitrogens with zero attached hydrogens (tertiary/aromatic N) is 1. The molecule has 3 rings (SSSR count). The van der Waals surface area contributed by atoms with Gasteiger partial charge in [-0.2, -0.15) is 0 Å². The number of rotatable bonds is 7. The molecule has 0 radical (unpaired) electrons. The first-order valence-corrected chi connectivity index (χ1v) is 11.3. The highest BCUT2D eigenvalue weighted by molar-refractivity contribution is 6.33. The molecule has 0 aliphatic rings. The van der Waals surface area contributed by atoms with Crippen LogP contribution in [0.2, 0.25) is 5.02 Å². The van der Waals surface area contributed by atoms with Crippen molar-refractivity contribution in [1.82, 2.24) is 4.98 Å². The second kappa shape index (κ2) is 12.4. The summed E-state index contributed by atoms with van der Waals surface area (Å²) in [6, 6.07) is 14.3. The minimum atomic E-state index is -0.292. The predicted octanol–water partition coefficient (Wildman–Crippen LogP) is 7.68. The molecule has 0 aliphatic heterocycles. The molecule has 0 bridgehead atoms. The van der Waals surface area contributed by atoms with Crippen LogP contribution >= 0.6 is 11.6 Å². The topological polar surface area (TPSA) is 50.9 Å². The van der Waals surface area contributed by atoms with Gasteiger partial charge in [-0.05, 0) is 74.7 Å². The molecule has 0 aliphatic carbocycles. The third-order valence-electron chi connectivity index (χ3n) is 5.28. The maximum absolute atomic E-state index is 13.6. The van der Waals surface area contributed by atoms with Crippen molar-refractivity contribution < 1.29 is 4.39 Å². The summed E-state index contributed by atoms with van der Waals surface area (Å²) >= 11 is 6.32. The first-order valence-electron chi connectivity index (χ1n) is 10.9. The molecule has 0 saturated heterocycles. The molecule has 0 spiro atoms. The molecule has 0 unspecified atom stereocenters. The highest BCUT2D eigenvalue weighted by Crippen LogP contribution is 2.31. The average Bonchev–Trinajstić information content (AvgIpc) is 2.77. The first kappa shape index (κ1) is 25.6. The zero-order chi connectivity index (χ0) is 23.7. The lowest BCUT2D eigenvalue weighted by Gasteiger charge is -2.16. The minimum absolute atomic E-state index is 0.292. The number of unbranched alkanes of at least 4 members (excludes halogenated alkanes) is 2. The second-order valence-electron chi connectivity index (χ2n) is 7.84. The highest BCUT2D eigenvalue weighted by Gasteiger charge is 2.12. The Morgan fingerprint density at radius 2 is 1.78 bits per heavy atom. The summed E-state index contributed by atoms with van der Waals surface area (Å²) in [4.78, 5) is 4.73. The number of nitrogens with two attached hydrogens (primary N) is 1. The Hall–Kier alpha value is -2.69. The minimum Gasteiger partial charge on any atom is -0.340 e. The quantitative estimate of drug-likeness (QED) is 0.360. The molecule has 1 heterocycles. The Kier molecular flexibility index (Phi) is 9.89. The Morgan fingerprint density at radius 1 is 1.06 bits per heavy atom. The van der Waals surface area contributed by atoms with Crippen LogP contribution in [0.5, 0.6) is 0 Å². The summed E-state index contributed by atoms with van der Waals surface area (Å²) in [5.41, 5.74) is 11.2. The fourth-order valence-corrected chi connectivity index (χ4v) is 3.42. The van der Waals surface area contributed by atoms with Gasteiger partial charge in [-0.25, -0.2) is 9.37 Å². The van der Waals surface area contributed by atoms with Crippen LogP contribution in [-0.2, 0) is 0 Å². The molecule has 32 heavy (non-hydrogen) atoms. The molecular weight excluding hydrogens is 421 g/mol. The molecule has 0 atom stereocenters. The largest absolute Gasteiger partial charge is 0.340 e. The zero-order valence-corrected chi connectivity index (χ0v) is 20.2. The van der Waals surface area contributed by atoms with Crippen LogP contribution in [-0.4, -0.2) is 11.5 Å². The summed E-state index contributed by atoms with van der Waals surface area (Å²) < 4.78 is 13.6. The molecule has 3 aromatic rings. The van der Waals surface area contributed by atoms with E-state index in [2.05, 4.69) is 18.8 Å². The van der Waals surface area contributed by atoms with Crippen molar-refractivity contribution in [2.24, 2.45) is 5.73 Å². The van der Waals surface area contributed by atoms with E-state index in [1.54, 1.807) is 6.07 Å². The average molecular weight is 454 g/mol. The van der Waals surface area contributed by atoms with Crippen LogP contribution in [0, 0.1) is 26.6 Å². The van der Waals surface area contributed by atoms with Gasteiger partial charge in [0.05, 0.1) is 5.69 Å². The molecule has 1 aromatic heterocycles. The normalized spacial score (nSPS) is 10.3. The first-order chi connectivity index (χ1) is 15.3. The van der Waals surface area contributed by atoms with Crippen molar-refractivity contribution in [2.45, 2.75) is 47.0 Å². The second-order valence-corrected chi connectivity index (χ2v) is 8.24. The van der Waals surface area contributed by atoms with Crippen LogP contribution in [0.1, 0.15) is 48.4 Å². The van der Waals surface area contributed by atoms with E-state index in [9.17, 15) is 4.39 Å². The van der Waals surface area contributed by atoms with E-state index in [-0.39, 0.29) is 5.82 Å². The van der Waals surface area contributed by atoms with E-state index >= 15 is 0 Å². The highest BCUT2D eigenvalue weighted by atomic mass is 35.5. The Labute approximate surface area is 196 Å². The molecule has 170 valence electrons. The summed E-state index contributed by atoms with van der Waals surface area (Å²) in [7, 11) is 0. The number of anilines is 1. The van der Waals surface area contributed by atoms with Crippen LogP contribution in [0.3, 0.4) is 0 Å². The van der Waals surface area contributed by atoms with Crippen LogP contribution in [0.4, 0.5) is 10.2 Å². The number of nitrogens with one attached hydrogen (secondary N) is 1. The lowest BCUT2D eigenvalue weighted by molar-refractivity contribution is 0.627. The van der Waals surface area contributed by atoms with Gasteiger partial charge in [0, 0.05) is 21.8 Å². The zero-order valence-electron chi connectivity index (χ0n) is 19.4. The van der Waals surface area contributed by atoms with Gasteiger partial charge in [0.25, 0.3) is 0 Å². The lowest BCUT2D eigenvalue weighted by atomic mass is 10.0. The summed E-state index contributed by atoms with van der Waals surface area (Å²) in [5, 5.41) is 3.90. The molecule has 0 amide bonds. The van der Waals surface area contributed by atoms with Gasteiger partial charge in [0.1, 0.15) is 11.6 Å². The van der Waals surface area contributed by atoms with Gasteiger partial charge in [-0.1, -0.05) is 62.2 Å². The standard InChI is InChI=1S/C22H20ClFN2.C5H13N/c1-13-9-10-17(24)12-19(13)16(4)25-22-15(3)14(2)11-21(26-22)18-7-5-6-8-20(18)23;1-2-3-4-5-6/h5-12H,4H2,1-3H3,(H,25,26);2-6H2,1H3. The molecule has 0 fully saturated rings. The SMILES string of the molecule is C=C(Nc1nc(-c2ccccc2Cl)cc(C)c1C)c1cc(F)ccc1C.CCCCCN. The molecular formula is C27H33ClFN3. The monoisotopic (exact) mass is 453 g/mol. The van der Waals surface area contributed by atoms with Crippen molar-refractivity contribution in [3.63, 3.8) is 0 Å². The van der Waals surface area contributed by atoms with Crippen molar-refractivity contribution >= 4 is 23.1 Å². The number of benzene rings is 2. The summed E-state index contributed by atoms with van der Waals surface area (Å²) in [6.45, 7) is 13.0. The fourth-order valence-electron chi connectivity index (χ4n) is 3.19. The predicted molar refractivity (Wildman–Crippen MR) is 137 cm³/mol. The number of pyridine rings is 1. The lowest BCUT2D eigenvalue weighted by Crippen LogP contribution is -2.05. The van der Waals surface area contributed by atoms with Gasteiger partial charge in [0.2, 0.25) is 0 Å². The number of hydrogen-bond acceptors (Lipinski definition) is 3. The van der Waals surface area contributed by atoms with Crippen LogP contribution in [0.25, 0.3) is 17.0 Å². The van der Waals surface area contributed by atoms with E-state index in [0.717, 1.165) is 40.1 Å². The van der Waals surface area contributed by atoms with E-state index in [4.69, 9.17) is 22.3 Å². The van der Waals surface area contributed by atoms with E-state index in [1.165, 1.54) is 31.4 Å². The van der Waals surface area contributed by atoms with E-state index < -0.39 is 0 Å². The molecule has 5 heteroatoms. The maximum Gasteiger partial charge on any atom is 0.134 e. The molecule has 2 aromatic carbocycles. The smallest absolute Gasteiger partial charge is 0.134 e. The van der Waals surface area contributed by atoms with Gasteiger partial charge in [-0.15, -0.1) is 0 Å². The van der Waals surface area contributed by atoms with Gasteiger partial charge in [-0.3, -0.25) is 0 Å². The van der Waals surface area contributed by atoms with E-state index in [1.807, 2.05) is 51.1 Å². The van der Waals surface area contributed by atoms with Crippen molar-refractivity contribution in [1.29, 1.82) is 0 Å². The fraction of sp³-hybridized carbons (Fsp3) is 0.296. The van der Waals surface area contributed by atoms with Crippen molar-refractivity contribution in [2.75, 3.05) is 11.9 Å². The van der Waals surface area contributed by atoms with Crippen molar-refractivity contribution in [3.8, 4) is 11.3 Å². The third-order valence-corrected chi connectivity index (χ3v) is 5.61. The Morgan fingerprint density at radius 3 is 2.41 bits per heavy atom. The number of aryl methyl sites for hydroxylation is 2. The molecule has 3 nitrogen and oxygen atoms in total. The van der Waals surface area contributed by atoms with Crippen molar-refractivity contribution in [3.05, 3.63) is 88.2 Å². The Balaban J connectivity index is 0.000000534. The molecule has 3 N–H and O–H groups in total.